The van der Waals surface area contributed by atoms with Crippen LogP contribution >= 0.6 is 0 Å². The van der Waals surface area contributed by atoms with E-state index in [1.807, 2.05) is 25.7 Å². The van der Waals surface area contributed by atoms with E-state index in [2.05, 4.69) is 21.3 Å². The minimum Gasteiger partial charge on any atom is -0.444 e. The number of carbonyl (C=O) groups is 4. The molecule has 0 aromatic heterocycles. The first-order chi connectivity index (χ1) is 16.6. The summed E-state index contributed by atoms with van der Waals surface area (Å²) in [6.45, 7) is 13.8. The molecule has 204 valence electrons. The number of carbonyl (C=O) groups excluding carboxylic acids is 4. The second-order valence-electron chi connectivity index (χ2n) is 10.1. The van der Waals surface area contributed by atoms with Crippen LogP contribution in [0.5, 0.6) is 0 Å². The molecule has 4 amide bonds. The van der Waals surface area contributed by atoms with Crippen molar-refractivity contribution in [1.82, 2.24) is 21.3 Å². The third-order valence-electron chi connectivity index (χ3n) is 4.11. The van der Waals surface area contributed by atoms with Gasteiger partial charge in [0.15, 0.2) is 0 Å². The molecule has 10 nitrogen and oxygen atoms in total. The van der Waals surface area contributed by atoms with Gasteiger partial charge < -0.3 is 30.7 Å². The van der Waals surface area contributed by atoms with E-state index in [0.29, 0.717) is 12.1 Å². The molecule has 0 aromatic carbocycles. The van der Waals surface area contributed by atoms with Crippen molar-refractivity contribution >= 4 is 24.0 Å². The molecule has 0 aromatic rings. The van der Waals surface area contributed by atoms with Gasteiger partial charge in [0.2, 0.25) is 11.8 Å². The zero-order valence-electron chi connectivity index (χ0n) is 22.6. The van der Waals surface area contributed by atoms with Crippen molar-refractivity contribution in [3.8, 4) is 0 Å². The molecule has 2 rings (SSSR count). The molecular formula is C26H38FeN4O6+2. The smallest absolute Gasteiger partial charge is 0.444 e. The molecule has 0 saturated heterocycles. The molecule has 0 heterocycles. The van der Waals surface area contributed by atoms with Gasteiger partial charge in [-0.1, -0.05) is 0 Å². The first-order valence-electron chi connectivity index (χ1n) is 11.6. The summed E-state index contributed by atoms with van der Waals surface area (Å²) in [5.74, 6) is -0.570. The summed E-state index contributed by atoms with van der Waals surface area (Å²) in [7, 11) is 0. The average molecular weight is 558 g/mol. The van der Waals surface area contributed by atoms with Gasteiger partial charge in [-0.15, -0.1) is 0 Å². The minimum atomic E-state index is -0.658. The molecule has 4 N–H and O–H groups in total. The summed E-state index contributed by atoms with van der Waals surface area (Å²) < 4.78 is 10.1. The van der Waals surface area contributed by atoms with E-state index in [1.165, 1.54) is 0 Å². The van der Waals surface area contributed by atoms with E-state index in [1.54, 1.807) is 81.1 Å². The molecule has 10 radical (unpaired) electrons. The van der Waals surface area contributed by atoms with Gasteiger partial charge in [-0.05, 0) is 107 Å². The minimum absolute atomic E-state index is 0. The van der Waals surface area contributed by atoms with E-state index in [-0.39, 0.29) is 28.9 Å². The number of alkyl carbamates (subject to hydrolysis) is 2. The molecule has 0 unspecified atom stereocenters. The summed E-state index contributed by atoms with van der Waals surface area (Å²) >= 11 is 0. The fraction of sp³-hybridized carbons (Fsp3) is 0.462. The molecule has 37 heavy (non-hydrogen) atoms. The maximum Gasteiger partial charge on any atom is 2.00 e. The van der Waals surface area contributed by atoms with E-state index >= 15 is 0 Å². The third kappa shape index (κ3) is 16.5. The van der Waals surface area contributed by atoms with Crippen LogP contribution in [0.1, 0.15) is 55.4 Å². The molecule has 2 aliphatic rings. The van der Waals surface area contributed by atoms with Crippen LogP contribution in [0.4, 0.5) is 9.59 Å². The van der Waals surface area contributed by atoms with E-state index in [9.17, 15) is 19.2 Å². The van der Waals surface area contributed by atoms with Crippen LogP contribution in [0.3, 0.4) is 0 Å². The van der Waals surface area contributed by atoms with E-state index < -0.39 is 35.5 Å². The van der Waals surface area contributed by atoms with Crippen molar-refractivity contribution in [3.05, 3.63) is 63.5 Å². The van der Waals surface area contributed by atoms with Crippen molar-refractivity contribution in [2.75, 3.05) is 0 Å². The Balaban J connectivity index is 0.000000682. The SMILES string of the molecule is C[C@H](NC(=O)OC(C)(C)C)C(=O)N[C]1[CH][CH][CH][CH]1.C[C@H](NC(=O)OC(C)(C)C)C(=O)N[C]1[CH][CH][CH][CH]1.[Fe+2]. The predicted molar refractivity (Wildman–Crippen MR) is 135 cm³/mol. The molecule has 2 aliphatic carbocycles. The van der Waals surface area contributed by atoms with Crippen LogP contribution in [-0.2, 0) is 36.1 Å². The first-order valence-corrected chi connectivity index (χ1v) is 11.6. The fourth-order valence-corrected chi connectivity index (χ4v) is 2.52. The van der Waals surface area contributed by atoms with Gasteiger partial charge in [-0.2, -0.15) is 0 Å². The van der Waals surface area contributed by atoms with E-state index in [4.69, 9.17) is 9.47 Å². The Morgan fingerprint density at radius 2 is 0.892 bits per heavy atom. The molecule has 11 heteroatoms. The van der Waals surface area contributed by atoms with Gasteiger partial charge in [0, 0.05) is 0 Å². The van der Waals surface area contributed by atoms with Gasteiger partial charge in [-0.25, -0.2) is 9.59 Å². The second kappa shape index (κ2) is 16.1. The standard InChI is InChI=1S/2C13H19N2O3.Fe/c2*1-9(14-12(17)18-13(2,3)4)11(16)15-10-7-5-6-8-10;/h2*5-9H,1-4H3,(H,14,17)(H,15,16);/q;;+2/t2*9-;/m00./s1. The maximum atomic E-state index is 11.7. The fourth-order valence-electron chi connectivity index (χ4n) is 2.52. The number of hydrogen-bond donors (Lipinski definition) is 4. The summed E-state index contributed by atoms with van der Waals surface area (Å²) in [6, 6.07) is 0.0974. The van der Waals surface area contributed by atoms with Crippen molar-refractivity contribution < 1.29 is 45.7 Å². The van der Waals surface area contributed by atoms with Crippen LogP contribution < -0.4 is 21.3 Å². The Kier molecular flexibility index (Phi) is 15.2. The molecule has 0 aliphatic heterocycles. The monoisotopic (exact) mass is 558 g/mol. The van der Waals surface area contributed by atoms with Gasteiger partial charge in [-0.3, -0.25) is 9.59 Å². The number of rotatable bonds is 6. The zero-order valence-corrected chi connectivity index (χ0v) is 23.7. The molecular weight excluding hydrogens is 520 g/mol. The summed E-state index contributed by atoms with van der Waals surface area (Å²) in [5, 5.41) is 10.3. The Morgan fingerprint density at radius 3 is 1.14 bits per heavy atom. The molecule has 2 saturated carbocycles. The van der Waals surface area contributed by atoms with E-state index in [0.717, 1.165) is 0 Å². The van der Waals surface area contributed by atoms with Gasteiger partial charge in [0.25, 0.3) is 0 Å². The normalized spacial score (nSPS) is 17.7. The molecule has 0 bridgehead atoms. The summed E-state index contributed by atoms with van der Waals surface area (Å²) in [5.41, 5.74) is -1.15. The van der Waals surface area contributed by atoms with Gasteiger partial charge in [0.05, 0.1) is 12.1 Å². The van der Waals surface area contributed by atoms with Crippen molar-refractivity contribution in [3.63, 3.8) is 0 Å². The van der Waals surface area contributed by atoms with Gasteiger partial charge in [0.1, 0.15) is 23.3 Å². The average Bonchev–Trinajstić information content (AvgIpc) is 3.39. The number of nitrogens with one attached hydrogen (secondary N) is 4. The number of hydrogen-bond acceptors (Lipinski definition) is 6. The summed E-state index contributed by atoms with van der Waals surface area (Å²) in [4.78, 5) is 46.4. The molecule has 2 atom stereocenters. The van der Waals surface area contributed by atoms with Crippen molar-refractivity contribution in [2.45, 2.75) is 78.7 Å². The predicted octanol–water partition coefficient (Wildman–Crippen LogP) is 2.75. The third-order valence-corrected chi connectivity index (χ3v) is 4.11. The quantitative estimate of drug-likeness (QED) is 0.371. The van der Waals surface area contributed by atoms with Crippen molar-refractivity contribution in [1.29, 1.82) is 0 Å². The van der Waals surface area contributed by atoms with Crippen LogP contribution in [0, 0.1) is 63.5 Å². The van der Waals surface area contributed by atoms with Crippen LogP contribution in [0.2, 0.25) is 0 Å². The Morgan fingerprint density at radius 1 is 0.622 bits per heavy atom. The van der Waals surface area contributed by atoms with Crippen LogP contribution in [0.25, 0.3) is 0 Å². The summed E-state index contributed by atoms with van der Waals surface area (Å²) in [6.07, 6.45) is 13.2. The van der Waals surface area contributed by atoms with Crippen LogP contribution in [0.15, 0.2) is 0 Å². The maximum absolute atomic E-state index is 11.7. The van der Waals surface area contributed by atoms with Gasteiger partial charge >= 0.3 is 29.3 Å². The largest absolute Gasteiger partial charge is 2.00 e. The Bertz CT molecular complexity index is 676. The first kappa shape index (κ1) is 35.0. The topological polar surface area (TPSA) is 135 Å². The second-order valence-corrected chi connectivity index (χ2v) is 10.1. The Labute approximate surface area is 233 Å². The Hall–Kier alpha value is -2.00. The number of ether oxygens (including phenoxy) is 2. The number of amides is 4. The molecule has 2 fully saturated rings. The van der Waals surface area contributed by atoms with Crippen molar-refractivity contribution in [2.24, 2.45) is 0 Å². The van der Waals surface area contributed by atoms with Crippen LogP contribution in [-0.4, -0.2) is 47.3 Å². The molecule has 0 spiro atoms. The zero-order chi connectivity index (χ0) is 27.5.